The van der Waals surface area contributed by atoms with E-state index in [2.05, 4.69) is 23.8 Å². The Bertz CT molecular complexity index is 298. The van der Waals surface area contributed by atoms with Gasteiger partial charge in [-0.05, 0) is 13.3 Å². The molecule has 0 aromatic heterocycles. The fraction of sp³-hybridized carbons (Fsp3) is 0.417. The Labute approximate surface area is 90.7 Å². The second kappa shape index (κ2) is 6.06. The summed E-state index contributed by atoms with van der Waals surface area (Å²) in [6, 6.07) is 10.3. The van der Waals surface area contributed by atoms with Gasteiger partial charge in [0, 0.05) is 13.6 Å². The van der Waals surface area contributed by atoms with Crippen molar-refractivity contribution in [2.75, 3.05) is 20.2 Å². The zero-order chi connectivity index (χ0) is 11.1. The SMILES string of the molecule is CN1CCCOC1=O.Cc1ccccc1. The summed E-state index contributed by atoms with van der Waals surface area (Å²) in [4.78, 5) is 12.1. The topological polar surface area (TPSA) is 29.5 Å². The number of carbonyl (C=O) groups excluding carboxylic acids is 1. The van der Waals surface area contributed by atoms with Gasteiger partial charge in [-0.25, -0.2) is 4.79 Å². The van der Waals surface area contributed by atoms with Crippen LogP contribution in [0.25, 0.3) is 0 Å². The van der Waals surface area contributed by atoms with Gasteiger partial charge in [0.15, 0.2) is 0 Å². The summed E-state index contributed by atoms with van der Waals surface area (Å²) >= 11 is 0. The maximum atomic E-state index is 10.5. The first-order valence-electron chi connectivity index (χ1n) is 5.09. The molecule has 0 unspecified atom stereocenters. The minimum atomic E-state index is -0.198. The normalized spacial score (nSPS) is 15.1. The van der Waals surface area contributed by atoms with Crippen LogP contribution in [0.3, 0.4) is 0 Å². The standard InChI is InChI=1S/C7H8.C5H9NO2/c1-7-5-3-2-4-6-7;1-6-3-2-4-8-5(6)7/h2-6H,1H3;2-4H2,1H3. The van der Waals surface area contributed by atoms with E-state index in [-0.39, 0.29) is 6.09 Å². The molecule has 0 bridgehead atoms. The minimum Gasteiger partial charge on any atom is -0.449 e. The second-order valence-electron chi connectivity index (χ2n) is 3.54. The highest BCUT2D eigenvalue weighted by Crippen LogP contribution is 1.99. The van der Waals surface area contributed by atoms with Gasteiger partial charge >= 0.3 is 6.09 Å². The third-order valence-corrected chi connectivity index (χ3v) is 2.12. The molecule has 82 valence electrons. The van der Waals surface area contributed by atoms with Crippen LogP contribution in [0.15, 0.2) is 30.3 Å². The van der Waals surface area contributed by atoms with Crippen LogP contribution in [-0.2, 0) is 4.74 Å². The van der Waals surface area contributed by atoms with E-state index in [0.29, 0.717) is 6.61 Å². The Kier molecular flexibility index (Phi) is 4.68. The number of aryl methyl sites for hydroxylation is 1. The highest BCUT2D eigenvalue weighted by atomic mass is 16.6. The van der Waals surface area contributed by atoms with Crippen molar-refractivity contribution in [3.05, 3.63) is 35.9 Å². The third kappa shape index (κ3) is 4.49. The van der Waals surface area contributed by atoms with Crippen molar-refractivity contribution in [3.8, 4) is 0 Å². The Morgan fingerprint density at radius 3 is 2.27 bits per heavy atom. The Hall–Kier alpha value is -1.51. The third-order valence-electron chi connectivity index (χ3n) is 2.12. The monoisotopic (exact) mass is 207 g/mol. The van der Waals surface area contributed by atoms with Crippen molar-refractivity contribution in [2.24, 2.45) is 0 Å². The predicted octanol–water partition coefficient (Wildman–Crippen LogP) is 2.45. The number of carbonyl (C=O) groups is 1. The molecule has 2 rings (SSSR count). The summed E-state index contributed by atoms with van der Waals surface area (Å²) in [5.74, 6) is 0. The van der Waals surface area contributed by atoms with Crippen LogP contribution in [0, 0.1) is 6.92 Å². The van der Waals surface area contributed by atoms with Crippen molar-refractivity contribution in [3.63, 3.8) is 0 Å². The molecule has 1 amide bonds. The van der Waals surface area contributed by atoms with E-state index in [9.17, 15) is 4.79 Å². The molecule has 1 aromatic carbocycles. The molecule has 1 saturated heterocycles. The van der Waals surface area contributed by atoms with Gasteiger partial charge in [0.2, 0.25) is 0 Å². The molecular formula is C12H17NO2. The van der Waals surface area contributed by atoms with Crippen LogP contribution in [0.4, 0.5) is 4.79 Å². The van der Waals surface area contributed by atoms with Gasteiger partial charge in [0.25, 0.3) is 0 Å². The van der Waals surface area contributed by atoms with Gasteiger partial charge in [-0.2, -0.15) is 0 Å². The van der Waals surface area contributed by atoms with Crippen LogP contribution < -0.4 is 0 Å². The summed E-state index contributed by atoms with van der Waals surface area (Å²) < 4.78 is 4.68. The van der Waals surface area contributed by atoms with Gasteiger partial charge in [0.1, 0.15) is 0 Å². The number of hydrogen-bond donors (Lipinski definition) is 0. The van der Waals surface area contributed by atoms with Crippen LogP contribution in [0.1, 0.15) is 12.0 Å². The zero-order valence-electron chi connectivity index (χ0n) is 9.27. The zero-order valence-corrected chi connectivity index (χ0v) is 9.27. The van der Waals surface area contributed by atoms with Crippen molar-refractivity contribution in [1.29, 1.82) is 0 Å². The molecule has 3 heteroatoms. The largest absolute Gasteiger partial charge is 0.449 e. The van der Waals surface area contributed by atoms with Crippen molar-refractivity contribution in [1.82, 2.24) is 4.90 Å². The lowest BCUT2D eigenvalue weighted by molar-refractivity contribution is 0.0831. The molecule has 0 aliphatic carbocycles. The second-order valence-corrected chi connectivity index (χ2v) is 3.54. The molecule has 15 heavy (non-hydrogen) atoms. The summed E-state index contributed by atoms with van der Waals surface area (Å²) in [5.41, 5.74) is 1.32. The van der Waals surface area contributed by atoms with Crippen LogP contribution in [0.5, 0.6) is 0 Å². The Morgan fingerprint density at radius 1 is 1.27 bits per heavy atom. The quantitative estimate of drug-likeness (QED) is 0.654. The van der Waals surface area contributed by atoms with Crippen LogP contribution in [0.2, 0.25) is 0 Å². The molecular weight excluding hydrogens is 190 g/mol. The van der Waals surface area contributed by atoms with E-state index < -0.39 is 0 Å². The molecule has 1 heterocycles. The highest BCUT2D eigenvalue weighted by Gasteiger charge is 2.13. The Balaban J connectivity index is 0.000000151. The van der Waals surface area contributed by atoms with Crippen molar-refractivity contribution >= 4 is 6.09 Å². The first-order valence-corrected chi connectivity index (χ1v) is 5.09. The smallest absolute Gasteiger partial charge is 0.409 e. The molecule has 1 aliphatic rings. The van der Waals surface area contributed by atoms with Crippen LogP contribution in [-0.4, -0.2) is 31.2 Å². The number of amides is 1. The summed E-state index contributed by atoms with van der Waals surface area (Å²) in [5, 5.41) is 0. The molecule has 0 N–H and O–H groups in total. The van der Waals surface area contributed by atoms with Gasteiger partial charge in [-0.3, -0.25) is 0 Å². The summed E-state index contributed by atoms with van der Waals surface area (Å²) in [7, 11) is 1.74. The average molecular weight is 207 g/mol. The van der Waals surface area contributed by atoms with E-state index in [0.717, 1.165) is 13.0 Å². The van der Waals surface area contributed by atoms with E-state index in [4.69, 9.17) is 0 Å². The molecule has 0 atom stereocenters. The lowest BCUT2D eigenvalue weighted by atomic mass is 10.2. The van der Waals surface area contributed by atoms with E-state index in [1.54, 1.807) is 11.9 Å². The molecule has 0 spiro atoms. The lowest BCUT2D eigenvalue weighted by Crippen LogP contribution is -2.33. The van der Waals surface area contributed by atoms with Gasteiger partial charge < -0.3 is 9.64 Å². The Morgan fingerprint density at radius 2 is 1.93 bits per heavy atom. The van der Waals surface area contributed by atoms with E-state index in [1.807, 2.05) is 18.2 Å². The molecule has 0 saturated carbocycles. The predicted molar refractivity (Wildman–Crippen MR) is 59.8 cm³/mol. The maximum Gasteiger partial charge on any atom is 0.409 e. The molecule has 1 aromatic rings. The fourth-order valence-corrected chi connectivity index (χ4v) is 1.20. The van der Waals surface area contributed by atoms with Gasteiger partial charge in [-0.1, -0.05) is 35.9 Å². The van der Waals surface area contributed by atoms with E-state index >= 15 is 0 Å². The summed E-state index contributed by atoms with van der Waals surface area (Å²) in [6.07, 6.45) is 0.763. The van der Waals surface area contributed by atoms with E-state index in [1.165, 1.54) is 5.56 Å². The number of hydrogen-bond acceptors (Lipinski definition) is 2. The minimum absolute atomic E-state index is 0.198. The highest BCUT2D eigenvalue weighted by molar-refractivity contribution is 5.67. The molecule has 3 nitrogen and oxygen atoms in total. The van der Waals surface area contributed by atoms with Gasteiger partial charge in [0.05, 0.1) is 6.61 Å². The first-order chi connectivity index (χ1) is 7.20. The maximum absolute atomic E-state index is 10.5. The number of rotatable bonds is 0. The fourth-order valence-electron chi connectivity index (χ4n) is 1.20. The average Bonchev–Trinajstić information content (AvgIpc) is 2.25. The lowest BCUT2D eigenvalue weighted by Gasteiger charge is -2.21. The number of nitrogens with zero attached hydrogens (tertiary/aromatic N) is 1. The van der Waals surface area contributed by atoms with Crippen LogP contribution >= 0.6 is 0 Å². The molecule has 0 radical (unpaired) electrons. The molecule has 1 fully saturated rings. The van der Waals surface area contributed by atoms with Crippen molar-refractivity contribution in [2.45, 2.75) is 13.3 Å². The van der Waals surface area contributed by atoms with Gasteiger partial charge in [-0.15, -0.1) is 0 Å². The first kappa shape index (κ1) is 11.6. The van der Waals surface area contributed by atoms with Crippen molar-refractivity contribution < 1.29 is 9.53 Å². The summed E-state index contributed by atoms with van der Waals surface area (Å²) in [6.45, 7) is 3.50. The number of ether oxygens (including phenoxy) is 1. The molecule has 1 aliphatic heterocycles. The number of cyclic esters (lactones) is 1. The number of benzene rings is 1.